The molecule has 4 aliphatic rings. The van der Waals surface area contributed by atoms with Crippen LogP contribution in [0.4, 0.5) is 4.79 Å². The fraction of sp³-hybridized carbons (Fsp3) is 0.654. The number of piperidine rings is 1. The molecule has 1 N–H and O–H groups in total. The highest BCUT2D eigenvalue weighted by molar-refractivity contribution is 5.88. The summed E-state index contributed by atoms with van der Waals surface area (Å²) in [5, 5.41) is 10.4. The van der Waals surface area contributed by atoms with E-state index >= 15 is 0 Å². The van der Waals surface area contributed by atoms with Crippen molar-refractivity contribution in [1.29, 1.82) is 0 Å². The van der Waals surface area contributed by atoms with Crippen LogP contribution >= 0.6 is 0 Å². The third-order valence-electron chi connectivity index (χ3n) is 8.34. The molecular weight excluding hydrogens is 450 g/mol. The van der Waals surface area contributed by atoms with Gasteiger partial charge in [0.05, 0.1) is 25.3 Å². The smallest absolute Gasteiger partial charge is 0.410 e. The second-order valence-electron chi connectivity index (χ2n) is 10.7. The molecule has 1 aromatic rings. The number of hydrogen-bond acceptors (Lipinski definition) is 6. The Balaban J connectivity index is 1.17. The first-order valence-electron chi connectivity index (χ1n) is 12.6. The van der Waals surface area contributed by atoms with Crippen molar-refractivity contribution < 1.29 is 29.0 Å². The van der Waals surface area contributed by atoms with Crippen molar-refractivity contribution in [3.8, 4) is 0 Å². The number of aliphatic hydroxyl groups excluding tert-OH is 1. The molecule has 5 rings (SSSR count). The van der Waals surface area contributed by atoms with Crippen LogP contribution in [0.2, 0.25) is 0 Å². The molecule has 3 saturated heterocycles. The van der Waals surface area contributed by atoms with Crippen LogP contribution in [0.25, 0.3) is 0 Å². The highest BCUT2D eigenvalue weighted by Gasteiger charge is 2.55. The van der Waals surface area contributed by atoms with Crippen LogP contribution in [-0.4, -0.2) is 87.9 Å². The van der Waals surface area contributed by atoms with Crippen molar-refractivity contribution in [2.45, 2.75) is 76.5 Å². The summed E-state index contributed by atoms with van der Waals surface area (Å²) in [6, 6.07) is 8.49. The monoisotopic (exact) mass is 485 g/mol. The average Bonchev–Trinajstić information content (AvgIpc) is 3.56. The summed E-state index contributed by atoms with van der Waals surface area (Å²) >= 11 is 0. The number of benzene rings is 1. The number of β-amino-alcohol motifs (C(OH)–C–C–N with tert-alkyl or cyclic N) is 1. The molecule has 4 fully saturated rings. The van der Waals surface area contributed by atoms with Gasteiger partial charge in [-0.3, -0.25) is 14.5 Å². The Labute approximate surface area is 205 Å². The number of rotatable bonds is 5. The minimum atomic E-state index is -0.956. The van der Waals surface area contributed by atoms with Gasteiger partial charge in [-0.05, 0) is 50.5 Å². The van der Waals surface area contributed by atoms with Crippen LogP contribution < -0.4 is 0 Å². The molecule has 1 saturated carbocycles. The van der Waals surface area contributed by atoms with Crippen molar-refractivity contribution >= 4 is 17.9 Å². The lowest BCUT2D eigenvalue weighted by atomic mass is 9.90. The van der Waals surface area contributed by atoms with E-state index in [4.69, 9.17) is 9.47 Å². The van der Waals surface area contributed by atoms with E-state index in [9.17, 15) is 19.5 Å². The Morgan fingerprint density at radius 3 is 2.63 bits per heavy atom. The molecule has 3 aliphatic heterocycles. The van der Waals surface area contributed by atoms with Gasteiger partial charge < -0.3 is 24.4 Å². The second kappa shape index (κ2) is 9.09. The maximum Gasteiger partial charge on any atom is 0.410 e. The van der Waals surface area contributed by atoms with Crippen LogP contribution in [0.15, 0.2) is 30.3 Å². The maximum absolute atomic E-state index is 13.3. The molecule has 1 aromatic carbocycles. The number of aliphatic hydroxyl groups is 1. The molecule has 9 nitrogen and oxygen atoms in total. The van der Waals surface area contributed by atoms with E-state index in [0.717, 1.165) is 24.8 Å². The third kappa shape index (κ3) is 4.51. The number of ether oxygens (including phenoxy) is 2. The van der Waals surface area contributed by atoms with Crippen LogP contribution in [0.3, 0.4) is 0 Å². The van der Waals surface area contributed by atoms with Crippen molar-refractivity contribution in [3.63, 3.8) is 0 Å². The predicted octanol–water partition coefficient (Wildman–Crippen LogP) is 2.12. The molecule has 35 heavy (non-hydrogen) atoms. The molecule has 3 amide bonds. The van der Waals surface area contributed by atoms with Gasteiger partial charge in [-0.2, -0.15) is 0 Å². The standard InChI is InChI=1S/C26H35N3O6/c1-18-23(32)29-20(8-9-22(31)27-13-12-26(10-11-26)21(30)14-27)16-35-25(29,2)17-28(18)24(33)34-15-19-6-4-3-5-7-19/h3-7,18,20-21,30H,8-17H2,1-2H3/t18-,20-,21+,25?/m0/s1. The lowest BCUT2D eigenvalue weighted by molar-refractivity contribution is -0.170. The van der Waals surface area contributed by atoms with Crippen LogP contribution in [-0.2, 0) is 25.7 Å². The first kappa shape index (κ1) is 24.1. The molecule has 1 unspecified atom stereocenters. The summed E-state index contributed by atoms with van der Waals surface area (Å²) in [6.07, 6.45) is 2.78. The fourth-order valence-electron chi connectivity index (χ4n) is 5.80. The van der Waals surface area contributed by atoms with E-state index < -0.39 is 24.0 Å². The van der Waals surface area contributed by atoms with Crippen molar-refractivity contribution in [2.24, 2.45) is 5.41 Å². The SMILES string of the molecule is C[C@H]1C(=O)N2[C@@H](CCC(=O)N3CCC4(CC4)[C@H](O)C3)COC2(C)CN1C(=O)OCc1ccccc1. The van der Waals surface area contributed by atoms with E-state index in [2.05, 4.69) is 0 Å². The minimum Gasteiger partial charge on any atom is -0.445 e. The average molecular weight is 486 g/mol. The second-order valence-corrected chi connectivity index (χ2v) is 10.7. The number of carbonyl (C=O) groups excluding carboxylic acids is 3. The van der Waals surface area contributed by atoms with Crippen molar-refractivity contribution in [1.82, 2.24) is 14.7 Å². The number of carbonyl (C=O) groups is 3. The van der Waals surface area contributed by atoms with Gasteiger partial charge in [-0.1, -0.05) is 30.3 Å². The van der Waals surface area contributed by atoms with Gasteiger partial charge in [0.15, 0.2) is 5.72 Å². The zero-order valence-electron chi connectivity index (χ0n) is 20.5. The first-order valence-corrected chi connectivity index (χ1v) is 12.6. The van der Waals surface area contributed by atoms with Crippen LogP contribution in [0.1, 0.15) is 51.5 Å². The Hall–Kier alpha value is -2.65. The number of likely N-dealkylation sites (tertiary alicyclic amines) is 1. The van der Waals surface area contributed by atoms with Gasteiger partial charge in [0.25, 0.3) is 0 Å². The highest BCUT2D eigenvalue weighted by Crippen LogP contribution is 2.53. The Kier molecular flexibility index (Phi) is 6.25. The third-order valence-corrected chi connectivity index (χ3v) is 8.34. The van der Waals surface area contributed by atoms with Crippen molar-refractivity contribution in [2.75, 3.05) is 26.2 Å². The zero-order valence-corrected chi connectivity index (χ0v) is 20.5. The quantitative estimate of drug-likeness (QED) is 0.686. The molecule has 0 bridgehead atoms. The van der Waals surface area contributed by atoms with E-state index in [1.807, 2.05) is 37.3 Å². The Morgan fingerprint density at radius 2 is 1.94 bits per heavy atom. The molecule has 0 aromatic heterocycles. The summed E-state index contributed by atoms with van der Waals surface area (Å²) in [4.78, 5) is 43.9. The number of nitrogens with zero attached hydrogens (tertiary/aromatic N) is 3. The molecule has 1 aliphatic carbocycles. The summed E-state index contributed by atoms with van der Waals surface area (Å²) in [6.45, 7) is 5.27. The van der Waals surface area contributed by atoms with E-state index in [1.165, 1.54) is 4.90 Å². The molecular formula is C26H35N3O6. The number of amides is 3. The van der Waals surface area contributed by atoms with Gasteiger partial charge in [0.1, 0.15) is 12.6 Å². The van der Waals surface area contributed by atoms with Gasteiger partial charge in [-0.15, -0.1) is 0 Å². The van der Waals surface area contributed by atoms with E-state index in [0.29, 0.717) is 32.5 Å². The summed E-state index contributed by atoms with van der Waals surface area (Å²) in [7, 11) is 0. The molecule has 9 heteroatoms. The van der Waals surface area contributed by atoms with Gasteiger partial charge >= 0.3 is 6.09 Å². The first-order chi connectivity index (χ1) is 16.7. The van der Waals surface area contributed by atoms with Gasteiger partial charge in [-0.25, -0.2) is 4.79 Å². The number of fused-ring (bicyclic) bond motifs is 1. The van der Waals surface area contributed by atoms with Crippen molar-refractivity contribution in [3.05, 3.63) is 35.9 Å². The maximum atomic E-state index is 13.3. The van der Waals surface area contributed by atoms with Crippen LogP contribution in [0.5, 0.6) is 0 Å². The van der Waals surface area contributed by atoms with Crippen LogP contribution in [0, 0.1) is 5.41 Å². The van der Waals surface area contributed by atoms with E-state index in [-0.39, 0.29) is 36.4 Å². The topological polar surface area (TPSA) is 99.6 Å². The molecule has 4 atom stereocenters. The van der Waals surface area contributed by atoms with Gasteiger partial charge in [0.2, 0.25) is 11.8 Å². The predicted molar refractivity (Wildman–Crippen MR) is 126 cm³/mol. The number of hydrogen-bond donors (Lipinski definition) is 1. The van der Waals surface area contributed by atoms with E-state index in [1.54, 1.807) is 16.7 Å². The molecule has 190 valence electrons. The largest absolute Gasteiger partial charge is 0.445 e. The Bertz CT molecular complexity index is 983. The normalized spacial score (nSPS) is 31.5. The summed E-state index contributed by atoms with van der Waals surface area (Å²) < 4.78 is 11.5. The molecule has 0 radical (unpaired) electrons. The lowest BCUT2D eigenvalue weighted by Crippen LogP contribution is -2.67. The zero-order chi connectivity index (χ0) is 24.8. The van der Waals surface area contributed by atoms with Gasteiger partial charge in [0, 0.05) is 19.5 Å². The number of piperazine rings is 1. The Morgan fingerprint density at radius 1 is 1.20 bits per heavy atom. The summed E-state index contributed by atoms with van der Waals surface area (Å²) in [5.74, 6) is -0.189. The molecule has 1 spiro atoms. The fourth-order valence-corrected chi connectivity index (χ4v) is 5.80. The minimum absolute atomic E-state index is 0.0109. The lowest BCUT2D eigenvalue weighted by Gasteiger charge is -2.47. The summed E-state index contributed by atoms with van der Waals surface area (Å²) in [5.41, 5.74) is -0.0227. The molecule has 3 heterocycles. The highest BCUT2D eigenvalue weighted by atomic mass is 16.6.